The van der Waals surface area contributed by atoms with Crippen LogP contribution in [0.3, 0.4) is 0 Å². The van der Waals surface area contributed by atoms with Gasteiger partial charge in [0.25, 0.3) is 0 Å². The van der Waals surface area contributed by atoms with Gasteiger partial charge in [-0.2, -0.15) is 0 Å². The first-order chi connectivity index (χ1) is 7.41. The highest BCUT2D eigenvalue weighted by Gasteiger charge is 2.19. The molecule has 0 aliphatic heterocycles. The largest absolute Gasteiger partial charge is 0.481 e. The molecule has 0 aliphatic rings. The highest BCUT2D eigenvalue weighted by molar-refractivity contribution is 6.35. The first-order valence-corrected chi connectivity index (χ1v) is 5.59. The van der Waals surface area contributed by atoms with Crippen molar-refractivity contribution >= 4 is 29.2 Å². The van der Waals surface area contributed by atoms with Crippen molar-refractivity contribution in [1.82, 2.24) is 0 Å². The number of hydrogen-bond acceptors (Lipinski definition) is 2. The molecule has 0 saturated heterocycles. The number of carboxylic acid groups (broad SMARTS) is 1. The molecule has 0 aromatic heterocycles. The van der Waals surface area contributed by atoms with Gasteiger partial charge in [-0.25, -0.2) is 0 Å². The van der Waals surface area contributed by atoms with Crippen LogP contribution in [0.2, 0.25) is 10.0 Å². The van der Waals surface area contributed by atoms with Gasteiger partial charge in [0.05, 0.1) is 0 Å². The molecule has 0 heterocycles. The standard InChI is InChI=1S/C11H13Cl2NO2/c1-6(4-10(15)16)11(14)8-3-2-7(12)5-9(8)13/h2-3,5-6,11H,4,14H2,1H3,(H,15,16). The highest BCUT2D eigenvalue weighted by Crippen LogP contribution is 2.30. The Morgan fingerprint density at radius 2 is 2.12 bits per heavy atom. The van der Waals surface area contributed by atoms with E-state index in [-0.39, 0.29) is 12.3 Å². The Bertz CT molecular complexity index is 396. The van der Waals surface area contributed by atoms with Crippen LogP contribution in [-0.4, -0.2) is 11.1 Å². The van der Waals surface area contributed by atoms with Gasteiger partial charge in [-0.3, -0.25) is 4.79 Å². The van der Waals surface area contributed by atoms with E-state index < -0.39 is 12.0 Å². The normalized spacial score (nSPS) is 14.5. The van der Waals surface area contributed by atoms with Crippen LogP contribution in [0.25, 0.3) is 0 Å². The fraction of sp³-hybridized carbons (Fsp3) is 0.364. The monoisotopic (exact) mass is 261 g/mol. The van der Waals surface area contributed by atoms with Gasteiger partial charge in [0.1, 0.15) is 0 Å². The third kappa shape index (κ3) is 3.37. The molecule has 0 fully saturated rings. The zero-order chi connectivity index (χ0) is 12.3. The van der Waals surface area contributed by atoms with Crippen LogP contribution in [0.15, 0.2) is 18.2 Å². The van der Waals surface area contributed by atoms with E-state index in [0.717, 1.165) is 5.56 Å². The van der Waals surface area contributed by atoms with Crippen molar-refractivity contribution in [2.24, 2.45) is 11.7 Å². The lowest BCUT2D eigenvalue weighted by atomic mass is 9.93. The number of aliphatic carboxylic acids is 1. The zero-order valence-electron chi connectivity index (χ0n) is 8.78. The van der Waals surface area contributed by atoms with Gasteiger partial charge in [0.2, 0.25) is 0 Å². The molecule has 1 aromatic carbocycles. The van der Waals surface area contributed by atoms with Crippen LogP contribution in [0.4, 0.5) is 0 Å². The van der Waals surface area contributed by atoms with Gasteiger partial charge in [-0.1, -0.05) is 36.2 Å². The molecule has 1 aromatic rings. The van der Waals surface area contributed by atoms with E-state index in [1.54, 1.807) is 25.1 Å². The molecule has 0 radical (unpaired) electrons. The summed E-state index contributed by atoms with van der Waals surface area (Å²) in [6.07, 6.45) is 0.0140. The third-order valence-corrected chi connectivity index (χ3v) is 2.99. The summed E-state index contributed by atoms with van der Waals surface area (Å²) in [5.41, 5.74) is 6.67. The van der Waals surface area contributed by atoms with E-state index in [9.17, 15) is 4.79 Å². The van der Waals surface area contributed by atoms with Crippen molar-refractivity contribution in [3.05, 3.63) is 33.8 Å². The second-order valence-electron chi connectivity index (χ2n) is 3.77. The van der Waals surface area contributed by atoms with E-state index in [2.05, 4.69) is 0 Å². The van der Waals surface area contributed by atoms with Crippen molar-refractivity contribution in [3.8, 4) is 0 Å². The van der Waals surface area contributed by atoms with Crippen molar-refractivity contribution in [2.75, 3.05) is 0 Å². The third-order valence-electron chi connectivity index (χ3n) is 2.43. The van der Waals surface area contributed by atoms with E-state index >= 15 is 0 Å². The van der Waals surface area contributed by atoms with Gasteiger partial charge in [-0.15, -0.1) is 0 Å². The zero-order valence-corrected chi connectivity index (χ0v) is 10.3. The molecule has 2 unspecified atom stereocenters. The first kappa shape index (κ1) is 13.3. The molecule has 0 spiro atoms. The Labute approximate surface area is 104 Å². The quantitative estimate of drug-likeness (QED) is 0.876. The predicted molar refractivity (Wildman–Crippen MR) is 64.8 cm³/mol. The first-order valence-electron chi connectivity index (χ1n) is 4.84. The second kappa shape index (κ2) is 5.53. The van der Waals surface area contributed by atoms with Gasteiger partial charge >= 0.3 is 5.97 Å². The molecule has 88 valence electrons. The topological polar surface area (TPSA) is 63.3 Å². The minimum Gasteiger partial charge on any atom is -0.481 e. The highest BCUT2D eigenvalue weighted by atomic mass is 35.5. The van der Waals surface area contributed by atoms with E-state index in [1.807, 2.05) is 0 Å². The van der Waals surface area contributed by atoms with Gasteiger partial charge in [0.15, 0.2) is 0 Å². The minimum atomic E-state index is -0.868. The molecule has 5 heteroatoms. The lowest BCUT2D eigenvalue weighted by Crippen LogP contribution is -2.21. The van der Waals surface area contributed by atoms with Crippen molar-refractivity contribution in [2.45, 2.75) is 19.4 Å². The molecular weight excluding hydrogens is 249 g/mol. The maximum atomic E-state index is 10.6. The average Bonchev–Trinajstić information content (AvgIpc) is 2.15. The predicted octanol–water partition coefficient (Wildman–Crippen LogP) is 3.10. The summed E-state index contributed by atoms with van der Waals surface area (Å²) in [6.45, 7) is 1.78. The van der Waals surface area contributed by atoms with E-state index in [0.29, 0.717) is 10.0 Å². The summed E-state index contributed by atoms with van der Waals surface area (Å²) in [5, 5.41) is 9.69. The maximum absolute atomic E-state index is 10.6. The number of carbonyl (C=O) groups is 1. The minimum absolute atomic E-state index is 0.0140. The molecule has 3 N–H and O–H groups in total. The molecular formula is C11H13Cl2NO2. The van der Waals surface area contributed by atoms with E-state index in [4.69, 9.17) is 34.0 Å². The smallest absolute Gasteiger partial charge is 0.303 e. The van der Waals surface area contributed by atoms with Crippen molar-refractivity contribution in [1.29, 1.82) is 0 Å². The fourth-order valence-electron chi connectivity index (χ4n) is 1.48. The average molecular weight is 262 g/mol. The number of hydrogen-bond donors (Lipinski definition) is 2. The Hall–Kier alpha value is -0.770. The Balaban J connectivity index is 2.87. The van der Waals surface area contributed by atoms with Crippen LogP contribution in [0.1, 0.15) is 24.9 Å². The van der Waals surface area contributed by atoms with Crippen molar-refractivity contribution < 1.29 is 9.90 Å². The van der Waals surface area contributed by atoms with Gasteiger partial charge in [-0.05, 0) is 23.6 Å². The Morgan fingerprint density at radius 3 is 2.62 bits per heavy atom. The van der Waals surface area contributed by atoms with Crippen molar-refractivity contribution in [3.63, 3.8) is 0 Å². The molecule has 0 amide bonds. The van der Waals surface area contributed by atoms with Gasteiger partial charge < -0.3 is 10.8 Å². The second-order valence-corrected chi connectivity index (χ2v) is 4.61. The molecule has 0 bridgehead atoms. The van der Waals surface area contributed by atoms with Crippen LogP contribution in [-0.2, 0) is 4.79 Å². The fourth-order valence-corrected chi connectivity index (χ4v) is 2.02. The summed E-state index contributed by atoms with van der Waals surface area (Å²) in [5.74, 6) is -1.05. The molecule has 3 nitrogen and oxygen atoms in total. The molecule has 0 aliphatic carbocycles. The number of halogens is 2. The number of benzene rings is 1. The molecule has 16 heavy (non-hydrogen) atoms. The van der Waals surface area contributed by atoms with Gasteiger partial charge in [0, 0.05) is 22.5 Å². The lowest BCUT2D eigenvalue weighted by molar-refractivity contribution is -0.138. The van der Waals surface area contributed by atoms with Crippen LogP contribution in [0, 0.1) is 5.92 Å². The molecule has 1 rings (SSSR count). The maximum Gasteiger partial charge on any atom is 0.303 e. The summed E-state index contributed by atoms with van der Waals surface area (Å²) < 4.78 is 0. The summed E-state index contributed by atoms with van der Waals surface area (Å²) in [6, 6.07) is 4.62. The summed E-state index contributed by atoms with van der Waals surface area (Å²) in [4.78, 5) is 10.6. The number of carboxylic acids is 1. The Morgan fingerprint density at radius 1 is 1.50 bits per heavy atom. The summed E-state index contributed by atoms with van der Waals surface area (Å²) >= 11 is 11.8. The van der Waals surface area contributed by atoms with Crippen LogP contribution in [0.5, 0.6) is 0 Å². The SMILES string of the molecule is CC(CC(=O)O)C(N)c1ccc(Cl)cc1Cl. The van der Waals surface area contributed by atoms with E-state index in [1.165, 1.54) is 0 Å². The van der Waals surface area contributed by atoms with Crippen LogP contribution < -0.4 is 5.73 Å². The number of nitrogens with two attached hydrogens (primary N) is 1. The lowest BCUT2D eigenvalue weighted by Gasteiger charge is -2.19. The molecule has 0 saturated carbocycles. The summed E-state index contributed by atoms with van der Waals surface area (Å²) in [7, 11) is 0. The Kier molecular flexibility index (Phi) is 4.59. The van der Waals surface area contributed by atoms with Crippen LogP contribution >= 0.6 is 23.2 Å². The molecule has 2 atom stereocenters. The number of rotatable bonds is 4.